The third-order valence-corrected chi connectivity index (χ3v) is 2.34. The van der Waals surface area contributed by atoms with Gasteiger partial charge in [-0.25, -0.2) is 4.39 Å². The lowest BCUT2D eigenvalue weighted by Gasteiger charge is -2.10. The number of aromatic nitrogens is 1. The van der Waals surface area contributed by atoms with Crippen molar-refractivity contribution in [3.8, 4) is 22.6 Å². The van der Waals surface area contributed by atoms with Crippen molar-refractivity contribution < 1.29 is 18.4 Å². The molecule has 0 saturated heterocycles. The number of halogens is 1. The van der Waals surface area contributed by atoms with Gasteiger partial charge in [-0.3, -0.25) is 0 Å². The molecule has 0 spiro atoms. The van der Waals surface area contributed by atoms with Gasteiger partial charge in [-0.1, -0.05) is 5.16 Å². The normalized spacial score (nSPS) is 10.3. The SMILES string of the molecule is COc1cc(-c2cnoc2N)cc(F)c1OC. The Kier molecular flexibility index (Phi) is 2.86. The van der Waals surface area contributed by atoms with Crippen LogP contribution in [0.25, 0.3) is 11.1 Å². The van der Waals surface area contributed by atoms with Crippen LogP contribution in [0.4, 0.5) is 10.3 Å². The van der Waals surface area contributed by atoms with Crippen molar-refractivity contribution in [2.45, 2.75) is 0 Å². The largest absolute Gasteiger partial charge is 0.493 e. The zero-order chi connectivity index (χ0) is 12.4. The fourth-order valence-electron chi connectivity index (χ4n) is 1.54. The lowest BCUT2D eigenvalue weighted by Crippen LogP contribution is -1.95. The molecule has 1 aromatic carbocycles. The summed E-state index contributed by atoms with van der Waals surface area (Å²) in [5, 5.41) is 3.53. The van der Waals surface area contributed by atoms with Gasteiger partial charge in [0.2, 0.25) is 5.88 Å². The first-order valence-corrected chi connectivity index (χ1v) is 4.79. The highest BCUT2D eigenvalue weighted by Gasteiger charge is 2.15. The van der Waals surface area contributed by atoms with E-state index in [4.69, 9.17) is 19.7 Å². The van der Waals surface area contributed by atoms with Crippen LogP contribution in [0, 0.1) is 5.82 Å². The molecule has 0 aliphatic heterocycles. The Bertz CT molecular complexity index is 540. The highest BCUT2D eigenvalue weighted by molar-refractivity contribution is 5.74. The Hall–Kier alpha value is -2.24. The van der Waals surface area contributed by atoms with Gasteiger partial charge in [-0.2, -0.15) is 0 Å². The number of anilines is 1. The Morgan fingerprint density at radius 1 is 1.29 bits per heavy atom. The van der Waals surface area contributed by atoms with Gasteiger partial charge in [0.25, 0.3) is 0 Å². The van der Waals surface area contributed by atoms with E-state index in [1.807, 2.05) is 0 Å². The zero-order valence-corrected chi connectivity index (χ0v) is 9.36. The quantitative estimate of drug-likeness (QED) is 0.886. The van der Waals surface area contributed by atoms with Crippen molar-refractivity contribution in [2.24, 2.45) is 0 Å². The van der Waals surface area contributed by atoms with Gasteiger partial charge >= 0.3 is 0 Å². The molecule has 0 aliphatic rings. The van der Waals surface area contributed by atoms with Gasteiger partial charge in [-0.15, -0.1) is 0 Å². The zero-order valence-electron chi connectivity index (χ0n) is 9.36. The van der Waals surface area contributed by atoms with Crippen LogP contribution < -0.4 is 15.2 Å². The van der Waals surface area contributed by atoms with Crippen LogP contribution in [0.1, 0.15) is 0 Å². The summed E-state index contributed by atoms with van der Waals surface area (Å²) < 4.78 is 28.4. The average molecular weight is 238 g/mol. The molecule has 6 heteroatoms. The smallest absolute Gasteiger partial charge is 0.229 e. The summed E-state index contributed by atoms with van der Waals surface area (Å²) in [4.78, 5) is 0. The topological polar surface area (TPSA) is 70.5 Å². The Morgan fingerprint density at radius 3 is 2.59 bits per heavy atom. The fraction of sp³-hybridized carbons (Fsp3) is 0.182. The first-order chi connectivity index (χ1) is 8.17. The Balaban J connectivity index is 2.58. The number of hydrogen-bond donors (Lipinski definition) is 1. The lowest BCUT2D eigenvalue weighted by atomic mass is 10.1. The minimum atomic E-state index is -0.539. The molecule has 1 aromatic heterocycles. The third kappa shape index (κ3) is 1.89. The van der Waals surface area contributed by atoms with Crippen molar-refractivity contribution in [1.82, 2.24) is 5.16 Å². The summed E-state index contributed by atoms with van der Waals surface area (Å²) in [5.74, 6) is -0.0894. The summed E-state index contributed by atoms with van der Waals surface area (Å²) in [6, 6.07) is 2.88. The van der Waals surface area contributed by atoms with Crippen LogP contribution in [0.15, 0.2) is 22.9 Å². The number of rotatable bonds is 3. The van der Waals surface area contributed by atoms with Crippen molar-refractivity contribution in [1.29, 1.82) is 0 Å². The predicted molar refractivity (Wildman–Crippen MR) is 59.4 cm³/mol. The van der Waals surface area contributed by atoms with Crippen LogP contribution in [-0.2, 0) is 0 Å². The van der Waals surface area contributed by atoms with E-state index < -0.39 is 5.82 Å². The molecule has 0 atom stereocenters. The number of nitrogen functional groups attached to an aromatic ring is 1. The van der Waals surface area contributed by atoms with Crippen LogP contribution in [0.3, 0.4) is 0 Å². The molecule has 0 amide bonds. The van der Waals surface area contributed by atoms with Crippen molar-refractivity contribution in [3.05, 3.63) is 24.1 Å². The molecule has 0 aliphatic carbocycles. The van der Waals surface area contributed by atoms with Crippen LogP contribution >= 0.6 is 0 Å². The van der Waals surface area contributed by atoms with E-state index in [-0.39, 0.29) is 17.4 Å². The molecular formula is C11H11FN2O3. The monoisotopic (exact) mass is 238 g/mol. The first kappa shape index (κ1) is 11.3. The predicted octanol–water partition coefficient (Wildman–Crippen LogP) is 2.08. The van der Waals surface area contributed by atoms with E-state index in [2.05, 4.69) is 5.16 Å². The highest BCUT2D eigenvalue weighted by Crippen LogP contribution is 2.36. The molecule has 2 N–H and O–H groups in total. The molecule has 0 saturated carbocycles. The molecule has 0 fully saturated rings. The van der Waals surface area contributed by atoms with Crippen molar-refractivity contribution >= 4 is 5.88 Å². The van der Waals surface area contributed by atoms with E-state index in [9.17, 15) is 4.39 Å². The molecule has 90 valence electrons. The minimum absolute atomic E-state index is 0.0475. The molecular weight excluding hydrogens is 227 g/mol. The fourth-order valence-corrected chi connectivity index (χ4v) is 1.54. The second-order valence-corrected chi connectivity index (χ2v) is 3.30. The second kappa shape index (κ2) is 4.32. The number of nitrogens with two attached hydrogens (primary N) is 1. The first-order valence-electron chi connectivity index (χ1n) is 4.79. The molecule has 5 nitrogen and oxygen atoms in total. The Morgan fingerprint density at radius 2 is 2.06 bits per heavy atom. The summed E-state index contributed by atoms with van der Waals surface area (Å²) in [7, 11) is 2.80. The molecule has 1 heterocycles. The van der Waals surface area contributed by atoms with Crippen LogP contribution in [0.2, 0.25) is 0 Å². The molecule has 0 unspecified atom stereocenters. The van der Waals surface area contributed by atoms with Crippen LogP contribution in [-0.4, -0.2) is 19.4 Å². The summed E-state index contributed by atoms with van der Waals surface area (Å²) in [5.41, 5.74) is 6.58. The molecule has 0 bridgehead atoms. The summed E-state index contributed by atoms with van der Waals surface area (Å²) >= 11 is 0. The van der Waals surface area contributed by atoms with Crippen LogP contribution in [0.5, 0.6) is 11.5 Å². The van der Waals surface area contributed by atoms with Crippen molar-refractivity contribution in [3.63, 3.8) is 0 Å². The minimum Gasteiger partial charge on any atom is -0.493 e. The maximum Gasteiger partial charge on any atom is 0.229 e. The number of hydrogen-bond acceptors (Lipinski definition) is 5. The van der Waals surface area contributed by atoms with Gasteiger partial charge in [0, 0.05) is 0 Å². The van der Waals surface area contributed by atoms with E-state index in [1.54, 1.807) is 6.07 Å². The molecule has 2 rings (SSSR count). The van der Waals surface area contributed by atoms with E-state index in [1.165, 1.54) is 26.5 Å². The number of nitrogens with zero attached hydrogens (tertiary/aromatic N) is 1. The number of methoxy groups -OCH3 is 2. The maximum absolute atomic E-state index is 13.7. The maximum atomic E-state index is 13.7. The molecule has 0 radical (unpaired) electrons. The second-order valence-electron chi connectivity index (χ2n) is 3.30. The Labute approximate surface area is 96.9 Å². The van der Waals surface area contributed by atoms with Gasteiger partial charge < -0.3 is 19.7 Å². The van der Waals surface area contributed by atoms with E-state index >= 15 is 0 Å². The number of benzene rings is 1. The summed E-state index contributed by atoms with van der Waals surface area (Å²) in [6.07, 6.45) is 1.41. The lowest BCUT2D eigenvalue weighted by molar-refractivity contribution is 0.338. The van der Waals surface area contributed by atoms with Gasteiger partial charge in [0.15, 0.2) is 17.3 Å². The molecule has 2 aromatic rings. The average Bonchev–Trinajstić information content (AvgIpc) is 2.74. The number of ether oxygens (including phenoxy) is 2. The van der Waals surface area contributed by atoms with Gasteiger partial charge in [-0.05, 0) is 17.7 Å². The standard InChI is InChI=1S/C11H11FN2O3/c1-15-9-4-6(3-8(12)10(9)16-2)7-5-14-17-11(7)13/h3-5H,13H2,1-2H3. The molecule has 17 heavy (non-hydrogen) atoms. The van der Waals surface area contributed by atoms with Gasteiger partial charge in [0.05, 0.1) is 26.0 Å². The summed E-state index contributed by atoms with van der Waals surface area (Å²) in [6.45, 7) is 0. The van der Waals surface area contributed by atoms with E-state index in [0.717, 1.165) is 0 Å². The highest BCUT2D eigenvalue weighted by atomic mass is 19.1. The third-order valence-electron chi connectivity index (χ3n) is 2.34. The van der Waals surface area contributed by atoms with Crippen molar-refractivity contribution in [2.75, 3.05) is 20.0 Å². The van der Waals surface area contributed by atoms with Gasteiger partial charge in [0.1, 0.15) is 0 Å². The van der Waals surface area contributed by atoms with E-state index in [0.29, 0.717) is 11.1 Å².